The van der Waals surface area contributed by atoms with Gasteiger partial charge in [0, 0.05) is 30.6 Å². The number of fused-ring (bicyclic) bond motifs is 1. The molecular formula is C19H15N5OS. The number of pyridine rings is 2. The SMILES string of the molecule is Cn1cc(-c2cnc3ccc(NC(=S)Oc4ccccc4)nc3c2)cn1. The fourth-order valence-electron chi connectivity index (χ4n) is 2.53. The lowest BCUT2D eigenvalue weighted by atomic mass is 10.1. The number of aromatic nitrogens is 4. The number of para-hydroxylation sites is 1. The smallest absolute Gasteiger partial charge is 0.267 e. The van der Waals surface area contributed by atoms with E-state index < -0.39 is 0 Å². The Morgan fingerprint density at radius 1 is 1.04 bits per heavy atom. The predicted molar refractivity (Wildman–Crippen MR) is 105 cm³/mol. The van der Waals surface area contributed by atoms with Crippen LogP contribution in [0.2, 0.25) is 0 Å². The molecule has 0 fully saturated rings. The van der Waals surface area contributed by atoms with Crippen LogP contribution in [0.25, 0.3) is 22.2 Å². The third-order valence-corrected chi connectivity index (χ3v) is 3.94. The minimum atomic E-state index is 0.236. The topological polar surface area (TPSA) is 64.9 Å². The van der Waals surface area contributed by atoms with Gasteiger partial charge in [-0.3, -0.25) is 9.67 Å². The molecule has 1 aromatic carbocycles. The maximum atomic E-state index is 5.58. The van der Waals surface area contributed by atoms with Crippen LogP contribution in [-0.2, 0) is 7.05 Å². The number of nitrogens with one attached hydrogen (secondary N) is 1. The number of hydrogen-bond donors (Lipinski definition) is 1. The van der Waals surface area contributed by atoms with Gasteiger partial charge in [-0.15, -0.1) is 0 Å². The molecule has 0 spiro atoms. The number of anilines is 1. The Labute approximate surface area is 155 Å². The van der Waals surface area contributed by atoms with Crippen molar-refractivity contribution >= 4 is 34.2 Å². The zero-order chi connectivity index (χ0) is 17.9. The summed E-state index contributed by atoms with van der Waals surface area (Å²) in [6, 6.07) is 15.1. The minimum Gasteiger partial charge on any atom is -0.432 e. The van der Waals surface area contributed by atoms with Crippen LogP contribution in [0.1, 0.15) is 0 Å². The highest BCUT2D eigenvalue weighted by atomic mass is 32.1. The molecule has 0 unspecified atom stereocenters. The monoisotopic (exact) mass is 361 g/mol. The van der Waals surface area contributed by atoms with Crippen LogP contribution >= 0.6 is 12.2 Å². The van der Waals surface area contributed by atoms with Gasteiger partial charge in [0.15, 0.2) is 0 Å². The first-order valence-electron chi connectivity index (χ1n) is 7.97. The van der Waals surface area contributed by atoms with Gasteiger partial charge in [0.2, 0.25) is 0 Å². The lowest BCUT2D eigenvalue weighted by Gasteiger charge is -2.09. The van der Waals surface area contributed by atoms with Crippen molar-refractivity contribution in [1.29, 1.82) is 0 Å². The molecule has 0 aliphatic carbocycles. The van der Waals surface area contributed by atoms with Crippen molar-refractivity contribution in [2.24, 2.45) is 7.05 Å². The Morgan fingerprint density at radius 3 is 2.65 bits per heavy atom. The zero-order valence-electron chi connectivity index (χ0n) is 14.0. The molecule has 128 valence electrons. The van der Waals surface area contributed by atoms with Gasteiger partial charge in [0.25, 0.3) is 5.17 Å². The molecule has 0 amide bonds. The lowest BCUT2D eigenvalue weighted by Crippen LogP contribution is -2.17. The van der Waals surface area contributed by atoms with E-state index in [1.165, 1.54) is 0 Å². The van der Waals surface area contributed by atoms with Crippen LogP contribution in [0.3, 0.4) is 0 Å². The maximum Gasteiger partial charge on any atom is 0.267 e. The van der Waals surface area contributed by atoms with Gasteiger partial charge >= 0.3 is 0 Å². The molecule has 0 atom stereocenters. The molecule has 3 heterocycles. The highest BCUT2D eigenvalue weighted by Gasteiger charge is 2.07. The van der Waals surface area contributed by atoms with Gasteiger partial charge in [-0.05, 0) is 42.5 Å². The van der Waals surface area contributed by atoms with Gasteiger partial charge in [0.1, 0.15) is 11.6 Å². The van der Waals surface area contributed by atoms with Crippen molar-refractivity contribution in [3.05, 3.63) is 67.1 Å². The summed E-state index contributed by atoms with van der Waals surface area (Å²) >= 11 is 5.25. The number of benzene rings is 1. The Hall–Kier alpha value is -3.32. The molecule has 7 heteroatoms. The minimum absolute atomic E-state index is 0.236. The molecule has 3 aromatic heterocycles. The number of rotatable bonds is 3. The summed E-state index contributed by atoms with van der Waals surface area (Å²) in [6.07, 6.45) is 5.55. The largest absolute Gasteiger partial charge is 0.432 e. The fourth-order valence-corrected chi connectivity index (χ4v) is 2.73. The number of nitrogens with zero attached hydrogens (tertiary/aromatic N) is 4. The van der Waals surface area contributed by atoms with E-state index in [4.69, 9.17) is 17.0 Å². The second-order valence-electron chi connectivity index (χ2n) is 5.69. The summed E-state index contributed by atoms with van der Waals surface area (Å²) in [6.45, 7) is 0. The third kappa shape index (κ3) is 3.52. The lowest BCUT2D eigenvalue weighted by molar-refractivity contribution is 0.563. The number of hydrogen-bond acceptors (Lipinski definition) is 5. The van der Waals surface area contributed by atoms with E-state index in [2.05, 4.69) is 20.4 Å². The van der Waals surface area contributed by atoms with Gasteiger partial charge < -0.3 is 10.1 Å². The van der Waals surface area contributed by atoms with Crippen molar-refractivity contribution in [3.8, 4) is 16.9 Å². The van der Waals surface area contributed by atoms with Gasteiger partial charge in [-0.1, -0.05) is 18.2 Å². The van der Waals surface area contributed by atoms with E-state index in [1.54, 1.807) is 10.9 Å². The molecule has 0 saturated carbocycles. The van der Waals surface area contributed by atoms with E-state index in [0.717, 1.165) is 22.2 Å². The highest BCUT2D eigenvalue weighted by molar-refractivity contribution is 7.80. The molecule has 1 N–H and O–H groups in total. The van der Waals surface area contributed by atoms with E-state index in [1.807, 2.05) is 68.0 Å². The summed E-state index contributed by atoms with van der Waals surface area (Å²) < 4.78 is 7.33. The first kappa shape index (κ1) is 16.2. The molecular weight excluding hydrogens is 346 g/mol. The average molecular weight is 361 g/mol. The first-order chi connectivity index (χ1) is 12.7. The molecule has 4 rings (SSSR count). The summed E-state index contributed by atoms with van der Waals surface area (Å²) in [5.41, 5.74) is 3.51. The van der Waals surface area contributed by atoms with Crippen molar-refractivity contribution in [3.63, 3.8) is 0 Å². The average Bonchev–Trinajstić information content (AvgIpc) is 3.08. The number of ether oxygens (including phenoxy) is 1. The van der Waals surface area contributed by atoms with Gasteiger partial charge in [0.05, 0.1) is 17.2 Å². The van der Waals surface area contributed by atoms with E-state index >= 15 is 0 Å². The maximum absolute atomic E-state index is 5.58. The number of aryl methyl sites for hydroxylation is 1. The van der Waals surface area contributed by atoms with Crippen molar-refractivity contribution < 1.29 is 4.74 Å². The quantitative estimate of drug-likeness (QED) is 0.560. The third-order valence-electron chi connectivity index (χ3n) is 3.76. The summed E-state index contributed by atoms with van der Waals surface area (Å²) in [5, 5.41) is 7.43. The Morgan fingerprint density at radius 2 is 1.88 bits per heavy atom. The van der Waals surface area contributed by atoms with Crippen molar-refractivity contribution in [2.45, 2.75) is 0 Å². The fraction of sp³-hybridized carbons (Fsp3) is 0.0526. The van der Waals surface area contributed by atoms with Crippen LogP contribution in [0, 0.1) is 0 Å². The van der Waals surface area contributed by atoms with E-state index in [9.17, 15) is 0 Å². The highest BCUT2D eigenvalue weighted by Crippen LogP contribution is 2.22. The van der Waals surface area contributed by atoms with Crippen LogP contribution in [0.5, 0.6) is 5.75 Å². The van der Waals surface area contributed by atoms with Crippen LogP contribution < -0.4 is 10.1 Å². The second kappa shape index (κ2) is 6.89. The van der Waals surface area contributed by atoms with Crippen molar-refractivity contribution in [2.75, 3.05) is 5.32 Å². The molecule has 0 bridgehead atoms. The zero-order valence-corrected chi connectivity index (χ0v) is 14.8. The Balaban J connectivity index is 1.57. The Kier molecular flexibility index (Phi) is 4.28. The number of thiocarbonyl (C=S) groups is 1. The molecule has 26 heavy (non-hydrogen) atoms. The predicted octanol–water partition coefficient (Wildman–Crippen LogP) is 3.81. The molecule has 4 aromatic rings. The van der Waals surface area contributed by atoms with E-state index in [-0.39, 0.29) is 5.17 Å². The normalized spacial score (nSPS) is 10.7. The van der Waals surface area contributed by atoms with Gasteiger partial charge in [-0.25, -0.2) is 4.98 Å². The second-order valence-corrected chi connectivity index (χ2v) is 6.06. The van der Waals surface area contributed by atoms with Crippen LogP contribution in [0.4, 0.5) is 5.82 Å². The molecule has 0 aliphatic heterocycles. The molecule has 0 aliphatic rings. The van der Waals surface area contributed by atoms with Crippen LogP contribution in [0.15, 0.2) is 67.1 Å². The summed E-state index contributed by atoms with van der Waals surface area (Å²) in [5.74, 6) is 1.27. The molecule has 6 nitrogen and oxygen atoms in total. The van der Waals surface area contributed by atoms with Crippen molar-refractivity contribution in [1.82, 2.24) is 19.7 Å². The summed E-state index contributed by atoms with van der Waals surface area (Å²) in [4.78, 5) is 9.04. The molecule has 0 radical (unpaired) electrons. The molecule has 0 saturated heterocycles. The summed E-state index contributed by atoms with van der Waals surface area (Å²) in [7, 11) is 1.88. The van der Waals surface area contributed by atoms with Gasteiger partial charge in [-0.2, -0.15) is 5.10 Å². The van der Waals surface area contributed by atoms with E-state index in [0.29, 0.717) is 11.6 Å². The Bertz CT molecular complexity index is 1080. The standard InChI is InChI=1S/C19H15N5OS/c1-24-12-14(11-21-24)13-9-17-16(20-10-13)7-8-18(22-17)23-19(26)25-15-5-3-2-4-6-15/h2-12H,1H3,(H,22,23,26). The van der Waals surface area contributed by atoms with Crippen LogP contribution in [-0.4, -0.2) is 24.9 Å². The first-order valence-corrected chi connectivity index (χ1v) is 8.38.